The van der Waals surface area contributed by atoms with Gasteiger partial charge in [-0.05, 0) is 26.2 Å². The second-order valence-corrected chi connectivity index (χ2v) is 9.46. The Bertz CT molecular complexity index is 601. The number of hydrogen-bond acceptors (Lipinski definition) is 5. The van der Waals surface area contributed by atoms with Gasteiger partial charge in [-0.1, -0.05) is 0 Å². The molecule has 0 spiro atoms. The van der Waals surface area contributed by atoms with Crippen LogP contribution in [0.2, 0.25) is 0 Å². The lowest BCUT2D eigenvalue weighted by atomic mass is 10.2. The first-order valence-electron chi connectivity index (χ1n) is 9.73. The number of amides is 3. The molecule has 144 valence electrons. The van der Waals surface area contributed by atoms with Gasteiger partial charge in [0.15, 0.2) is 0 Å². The lowest BCUT2D eigenvalue weighted by Gasteiger charge is -2.38. The zero-order valence-electron chi connectivity index (χ0n) is 15.5. The SMILES string of the molecule is CC12CCC(=O)N1C(C(=O)N1CCN(CC(=O)N3CCCC3)CC1)CS2. The first-order valence-corrected chi connectivity index (χ1v) is 10.7. The van der Waals surface area contributed by atoms with Crippen LogP contribution in [0.1, 0.15) is 32.6 Å². The Labute approximate surface area is 159 Å². The van der Waals surface area contributed by atoms with Crippen LogP contribution < -0.4 is 0 Å². The van der Waals surface area contributed by atoms with Crippen LogP contribution in [0, 0.1) is 0 Å². The Morgan fingerprint density at radius 1 is 1.08 bits per heavy atom. The number of rotatable bonds is 3. The van der Waals surface area contributed by atoms with E-state index in [1.54, 1.807) is 11.8 Å². The molecule has 2 unspecified atom stereocenters. The maximum atomic E-state index is 13.0. The number of carbonyl (C=O) groups is 3. The van der Waals surface area contributed by atoms with Gasteiger partial charge >= 0.3 is 0 Å². The van der Waals surface area contributed by atoms with Gasteiger partial charge in [0.2, 0.25) is 17.7 Å². The van der Waals surface area contributed by atoms with Crippen molar-refractivity contribution < 1.29 is 14.4 Å². The Kier molecular flexibility index (Phi) is 4.90. The summed E-state index contributed by atoms with van der Waals surface area (Å²) in [6, 6.07) is -0.308. The van der Waals surface area contributed by atoms with Crippen molar-refractivity contribution in [2.24, 2.45) is 0 Å². The second-order valence-electron chi connectivity index (χ2n) is 7.95. The molecule has 0 aliphatic carbocycles. The van der Waals surface area contributed by atoms with Crippen molar-refractivity contribution in [3.05, 3.63) is 0 Å². The molecule has 4 saturated heterocycles. The van der Waals surface area contributed by atoms with E-state index in [2.05, 4.69) is 11.8 Å². The lowest BCUT2D eigenvalue weighted by molar-refractivity contribution is -0.145. The smallest absolute Gasteiger partial charge is 0.246 e. The highest BCUT2D eigenvalue weighted by Gasteiger charge is 2.53. The van der Waals surface area contributed by atoms with Crippen LogP contribution in [0.5, 0.6) is 0 Å². The minimum atomic E-state index is -0.308. The molecular formula is C18H28N4O3S. The summed E-state index contributed by atoms with van der Waals surface area (Å²) in [6.07, 6.45) is 3.62. The van der Waals surface area contributed by atoms with E-state index in [1.165, 1.54) is 0 Å². The molecule has 4 rings (SSSR count). The molecule has 0 aromatic carbocycles. The summed E-state index contributed by atoms with van der Waals surface area (Å²) in [5.74, 6) is 1.12. The number of thioether (sulfide) groups is 1. The Hall–Kier alpha value is -1.28. The molecule has 4 aliphatic rings. The van der Waals surface area contributed by atoms with Crippen molar-refractivity contribution in [3.8, 4) is 0 Å². The molecule has 4 aliphatic heterocycles. The number of nitrogens with zero attached hydrogens (tertiary/aromatic N) is 4. The Balaban J connectivity index is 1.30. The van der Waals surface area contributed by atoms with E-state index in [4.69, 9.17) is 0 Å². The van der Waals surface area contributed by atoms with E-state index >= 15 is 0 Å². The predicted octanol–water partition coefficient (Wildman–Crippen LogP) is 0.207. The molecule has 0 radical (unpaired) electrons. The first-order chi connectivity index (χ1) is 12.5. The molecular weight excluding hydrogens is 352 g/mol. The van der Waals surface area contributed by atoms with Crippen LogP contribution >= 0.6 is 11.8 Å². The maximum Gasteiger partial charge on any atom is 0.246 e. The summed E-state index contributed by atoms with van der Waals surface area (Å²) in [5.41, 5.74) is 0. The third-order valence-electron chi connectivity index (χ3n) is 6.23. The predicted molar refractivity (Wildman–Crippen MR) is 99.6 cm³/mol. The van der Waals surface area contributed by atoms with Crippen molar-refractivity contribution in [2.75, 3.05) is 51.6 Å². The third kappa shape index (κ3) is 3.22. The van der Waals surface area contributed by atoms with Gasteiger partial charge in [0.05, 0.1) is 11.4 Å². The molecule has 3 amide bonds. The molecule has 4 fully saturated rings. The Morgan fingerprint density at radius 3 is 2.46 bits per heavy atom. The average molecular weight is 381 g/mol. The topological polar surface area (TPSA) is 64.2 Å². The van der Waals surface area contributed by atoms with Gasteiger partial charge in [0, 0.05) is 51.4 Å². The van der Waals surface area contributed by atoms with Crippen molar-refractivity contribution in [3.63, 3.8) is 0 Å². The van der Waals surface area contributed by atoms with Crippen LogP contribution in [0.3, 0.4) is 0 Å². The van der Waals surface area contributed by atoms with Crippen LogP contribution in [-0.4, -0.2) is 99.8 Å². The fourth-order valence-corrected chi connectivity index (χ4v) is 6.02. The fourth-order valence-electron chi connectivity index (χ4n) is 4.60. The highest BCUT2D eigenvalue weighted by molar-refractivity contribution is 8.01. The highest BCUT2D eigenvalue weighted by Crippen LogP contribution is 2.47. The summed E-state index contributed by atoms with van der Waals surface area (Å²) in [7, 11) is 0. The van der Waals surface area contributed by atoms with Crippen molar-refractivity contribution in [2.45, 2.75) is 43.5 Å². The summed E-state index contributed by atoms with van der Waals surface area (Å²) in [4.78, 5) is 45.2. The Morgan fingerprint density at radius 2 is 1.77 bits per heavy atom. The second kappa shape index (κ2) is 7.03. The molecule has 7 nitrogen and oxygen atoms in total. The molecule has 0 aromatic rings. The lowest BCUT2D eigenvalue weighted by Crippen LogP contribution is -2.57. The molecule has 0 saturated carbocycles. The largest absolute Gasteiger partial charge is 0.342 e. The summed E-state index contributed by atoms with van der Waals surface area (Å²) in [5, 5.41) is 0. The van der Waals surface area contributed by atoms with Crippen molar-refractivity contribution >= 4 is 29.5 Å². The number of carbonyl (C=O) groups excluding carboxylic acids is 3. The molecule has 0 aromatic heterocycles. The zero-order chi connectivity index (χ0) is 18.3. The van der Waals surface area contributed by atoms with E-state index in [-0.39, 0.29) is 28.6 Å². The number of fused-ring (bicyclic) bond motifs is 1. The van der Waals surface area contributed by atoms with Gasteiger partial charge in [0.1, 0.15) is 6.04 Å². The maximum absolute atomic E-state index is 13.0. The molecule has 0 bridgehead atoms. The van der Waals surface area contributed by atoms with Crippen molar-refractivity contribution in [1.82, 2.24) is 19.6 Å². The van der Waals surface area contributed by atoms with Crippen molar-refractivity contribution in [1.29, 1.82) is 0 Å². The summed E-state index contributed by atoms with van der Waals surface area (Å²) >= 11 is 1.74. The van der Waals surface area contributed by atoms with Gasteiger partial charge < -0.3 is 14.7 Å². The fraction of sp³-hybridized carbons (Fsp3) is 0.833. The molecule has 8 heteroatoms. The van der Waals surface area contributed by atoms with Crippen LogP contribution in [0.25, 0.3) is 0 Å². The number of hydrogen-bond donors (Lipinski definition) is 0. The molecule has 0 N–H and O–H groups in total. The van der Waals surface area contributed by atoms with Crippen LogP contribution in [-0.2, 0) is 14.4 Å². The monoisotopic (exact) mass is 380 g/mol. The highest BCUT2D eigenvalue weighted by atomic mass is 32.2. The van der Waals surface area contributed by atoms with Gasteiger partial charge in [-0.15, -0.1) is 11.8 Å². The number of likely N-dealkylation sites (tertiary alicyclic amines) is 1. The molecule has 2 atom stereocenters. The zero-order valence-corrected chi connectivity index (χ0v) is 16.3. The van der Waals surface area contributed by atoms with Gasteiger partial charge in [-0.25, -0.2) is 0 Å². The van der Waals surface area contributed by atoms with E-state index in [1.807, 2.05) is 14.7 Å². The minimum Gasteiger partial charge on any atom is -0.342 e. The van der Waals surface area contributed by atoms with E-state index in [0.29, 0.717) is 31.8 Å². The quantitative estimate of drug-likeness (QED) is 0.700. The van der Waals surface area contributed by atoms with E-state index in [9.17, 15) is 14.4 Å². The third-order valence-corrected chi connectivity index (χ3v) is 7.74. The van der Waals surface area contributed by atoms with E-state index < -0.39 is 0 Å². The van der Waals surface area contributed by atoms with Gasteiger partial charge in [0.25, 0.3) is 0 Å². The molecule has 4 heterocycles. The van der Waals surface area contributed by atoms with E-state index in [0.717, 1.165) is 45.4 Å². The normalized spacial score (nSPS) is 32.4. The summed E-state index contributed by atoms with van der Waals surface area (Å²) in [6.45, 7) is 7.07. The minimum absolute atomic E-state index is 0.0852. The standard InChI is InChI=1S/C18H28N4O3S/c1-18-5-4-15(23)22(18)14(13-26-18)17(25)21-10-8-19(9-11-21)12-16(24)20-6-2-3-7-20/h14H,2-13H2,1H3. The van der Waals surface area contributed by atoms with Crippen LogP contribution in [0.15, 0.2) is 0 Å². The average Bonchev–Trinajstić information content (AvgIpc) is 3.33. The van der Waals surface area contributed by atoms with Gasteiger partial charge in [-0.2, -0.15) is 0 Å². The number of piperazine rings is 1. The molecule has 26 heavy (non-hydrogen) atoms. The summed E-state index contributed by atoms with van der Waals surface area (Å²) < 4.78 is 0. The van der Waals surface area contributed by atoms with Crippen LogP contribution in [0.4, 0.5) is 0 Å². The van der Waals surface area contributed by atoms with Gasteiger partial charge in [-0.3, -0.25) is 19.3 Å². The first kappa shape index (κ1) is 18.1.